The standard InChI is InChI=1S/C22H25N3O4S/c1-14-11-16(29-10-4-9-26)5-7-17(14)18-13-21(25-22(23)24-18)30-20-12-15(27-2)6-8-19(20)28-3/h5-8,11-13,26H,4,9-10H2,1-3H3,(H2,23,24,25). The van der Waals surface area contributed by atoms with Crippen LogP contribution in [0.25, 0.3) is 11.3 Å². The fourth-order valence-corrected chi connectivity index (χ4v) is 3.84. The van der Waals surface area contributed by atoms with Crippen LogP contribution in [0.1, 0.15) is 12.0 Å². The first kappa shape index (κ1) is 21.7. The Kier molecular flexibility index (Phi) is 7.37. The summed E-state index contributed by atoms with van der Waals surface area (Å²) in [7, 11) is 3.25. The summed E-state index contributed by atoms with van der Waals surface area (Å²) in [4.78, 5) is 9.64. The average molecular weight is 428 g/mol. The molecule has 0 aliphatic heterocycles. The third-order valence-electron chi connectivity index (χ3n) is 4.35. The molecule has 0 fully saturated rings. The van der Waals surface area contributed by atoms with Gasteiger partial charge in [0.1, 0.15) is 22.3 Å². The number of aromatic nitrogens is 2. The van der Waals surface area contributed by atoms with Crippen LogP contribution in [0.3, 0.4) is 0 Å². The Morgan fingerprint density at radius 1 is 1.00 bits per heavy atom. The molecule has 0 saturated heterocycles. The van der Waals surface area contributed by atoms with Gasteiger partial charge < -0.3 is 25.1 Å². The third-order valence-corrected chi connectivity index (χ3v) is 5.31. The second kappa shape index (κ2) is 10.2. The summed E-state index contributed by atoms with van der Waals surface area (Å²) in [6.45, 7) is 2.57. The van der Waals surface area contributed by atoms with Crippen molar-refractivity contribution >= 4 is 17.7 Å². The van der Waals surface area contributed by atoms with Crippen LogP contribution in [0.4, 0.5) is 5.95 Å². The molecule has 2 aromatic carbocycles. The van der Waals surface area contributed by atoms with E-state index in [2.05, 4.69) is 9.97 Å². The van der Waals surface area contributed by atoms with Crippen molar-refractivity contribution in [1.29, 1.82) is 0 Å². The van der Waals surface area contributed by atoms with Gasteiger partial charge in [0.05, 0.1) is 31.4 Å². The van der Waals surface area contributed by atoms with E-state index in [9.17, 15) is 0 Å². The number of hydrogen-bond acceptors (Lipinski definition) is 8. The molecule has 0 bridgehead atoms. The Bertz CT molecular complexity index is 1010. The minimum atomic E-state index is 0.107. The molecule has 0 unspecified atom stereocenters. The zero-order chi connectivity index (χ0) is 21.5. The number of nitrogens with two attached hydrogens (primary N) is 1. The molecule has 3 N–H and O–H groups in total. The van der Waals surface area contributed by atoms with Gasteiger partial charge in [0, 0.05) is 18.6 Å². The molecule has 0 spiro atoms. The van der Waals surface area contributed by atoms with Gasteiger partial charge in [-0.3, -0.25) is 0 Å². The Hall–Kier alpha value is -2.97. The van der Waals surface area contributed by atoms with Gasteiger partial charge >= 0.3 is 0 Å². The number of anilines is 1. The van der Waals surface area contributed by atoms with Gasteiger partial charge in [-0.05, 0) is 55.0 Å². The van der Waals surface area contributed by atoms with Crippen molar-refractivity contribution < 1.29 is 19.3 Å². The van der Waals surface area contributed by atoms with Crippen molar-refractivity contribution in [2.75, 3.05) is 33.2 Å². The average Bonchev–Trinajstić information content (AvgIpc) is 2.73. The lowest BCUT2D eigenvalue weighted by atomic mass is 10.1. The molecule has 0 radical (unpaired) electrons. The number of aryl methyl sites for hydroxylation is 1. The van der Waals surface area contributed by atoms with E-state index in [4.69, 9.17) is 25.1 Å². The lowest BCUT2D eigenvalue weighted by Crippen LogP contribution is -2.01. The summed E-state index contributed by atoms with van der Waals surface area (Å²) in [5.74, 6) is 2.40. The second-order valence-electron chi connectivity index (χ2n) is 6.47. The molecule has 3 aromatic rings. The molecule has 0 amide bonds. The van der Waals surface area contributed by atoms with E-state index in [0.29, 0.717) is 18.1 Å². The Labute approximate surface area is 180 Å². The largest absolute Gasteiger partial charge is 0.497 e. The highest BCUT2D eigenvalue weighted by Crippen LogP contribution is 2.38. The topological polar surface area (TPSA) is 99.7 Å². The summed E-state index contributed by atoms with van der Waals surface area (Å²) >= 11 is 1.43. The molecular weight excluding hydrogens is 402 g/mol. The molecule has 1 aromatic heterocycles. The monoisotopic (exact) mass is 427 g/mol. The number of ether oxygens (including phenoxy) is 3. The van der Waals surface area contributed by atoms with E-state index in [1.54, 1.807) is 14.2 Å². The molecule has 7 nitrogen and oxygen atoms in total. The van der Waals surface area contributed by atoms with Crippen LogP contribution in [0, 0.1) is 6.92 Å². The van der Waals surface area contributed by atoms with E-state index < -0.39 is 0 Å². The van der Waals surface area contributed by atoms with Gasteiger partial charge in [0.15, 0.2) is 0 Å². The molecule has 0 saturated carbocycles. The quantitative estimate of drug-likeness (QED) is 0.391. The van der Waals surface area contributed by atoms with Crippen molar-refractivity contribution in [3.63, 3.8) is 0 Å². The predicted molar refractivity (Wildman–Crippen MR) is 117 cm³/mol. The summed E-state index contributed by atoms with van der Waals surface area (Å²) < 4.78 is 16.4. The van der Waals surface area contributed by atoms with E-state index in [1.807, 2.05) is 49.4 Å². The number of benzene rings is 2. The van der Waals surface area contributed by atoms with Crippen LogP contribution in [0.5, 0.6) is 17.2 Å². The maximum atomic E-state index is 8.89. The van der Waals surface area contributed by atoms with Gasteiger partial charge in [-0.1, -0.05) is 11.8 Å². The predicted octanol–water partition coefficient (Wildman–Crippen LogP) is 3.96. The summed E-state index contributed by atoms with van der Waals surface area (Å²) in [6, 6.07) is 13.3. The summed E-state index contributed by atoms with van der Waals surface area (Å²) in [6.07, 6.45) is 0.595. The normalized spacial score (nSPS) is 10.7. The Balaban J connectivity index is 1.89. The molecule has 30 heavy (non-hydrogen) atoms. The van der Waals surface area contributed by atoms with Crippen molar-refractivity contribution in [3.05, 3.63) is 48.0 Å². The molecule has 0 atom stereocenters. The Morgan fingerprint density at radius 2 is 1.80 bits per heavy atom. The highest BCUT2D eigenvalue weighted by molar-refractivity contribution is 7.99. The molecule has 0 aliphatic rings. The van der Waals surface area contributed by atoms with Crippen LogP contribution >= 0.6 is 11.8 Å². The fraction of sp³-hybridized carbons (Fsp3) is 0.273. The summed E-state index contributed by atoms with van der Waals surface area (Å²) in [5, 5.41) is 9.59. The van der Waals surface area contributed by atoms with Crippen molar-refractivity contribution in [3.8, 4) is 28.5 Å². The van der Waals surface area contributed by atoms with Crippen LogP contribution in [-0.4, -0.2) is 42.5 Å². The third kappa shape index (κ3) is 5.34. The first-order valence-electron chi connectivity index (χ1n) is 9.43. The van der Waals surface area contributed by atoms with E-state index in [1.165, 1.54) is 11.8 Å². The number of hydrogen-bond donors (Lipinski definition) is 2. The van der Waals surface area contributed by atoms with Crippen molar-refractivity contribution in [2.24, 2.45) is 0 Å². The highest BCUT2D eigenvalue weighted by atomic mass is 32.2. The minimum absolute atomic E-state index is 0.107. The van der Waals surface area contributed by atoms with Gasteiger partial charge in [0.25, 0.3) is 0 Å². The number of rotatable bonds is 9. The lowest BCUT2D eigenvalue weighted by Gasteiger charge is -2.12. The number of nitrogens with zero attached hydrogens (tertiary/aromatic N) is 2. The first-order valence-corrected chi connectivity index (χ1v) is 10.2. The van der Waals surface area contributed by atoms with E-state index >= 15 is 0 Å². The first-order chi connectivity index (χ1) is 14.5. The number of methoxy groups -OCH3 is 2. The fourth-order valence-electron chi connectivity index (χ4n) is 2.88. The van der Waals surface area contributed by atoms with Crippen LogP contribution in [-0.2, 0) is 0 Å². The second-order valence-corrected chi connectivity index (χ2v) is 7.53. The number of aliphatic hydroxyl groups is 1. The lowest BCUT2D eigenvalue weighted by molar-refractivity contribution is 0.233. The van der Waals surface area contributed by atoms with Crippen LogP contribution in [0.15, 0.2) is 52.4 Å². The molecule has 8 heteroatoms. The zero-order valence-corrected chi connectivity index (χ0v) is 18.0. The van der Waals surface area contributed by atoms with Crippen LogP contribution in [0.2, 0.25) is 0 Å². The van der Waals surface area contributed by atoms with Gasteiger partial charge in [-0.15, -0.1) is 0 Å². The minimum Gasteiger partial charge on any atom is -0.497 e. The summed E-state index contributed by atoms with van der Waals surface area (Å²) in [5.41, 5.74) is 8.67. The molecule has 1 heterocycles. The van der Waals surface area contributed by atoms with Gasteiger partial charge in [-0.2, -0.15) is 0 Å². The molecular formula is C22H25N3O4S. The highest BCUT2D eigenvalue weighted by Gasteiger charge is 2.13. The van der Waals surface area contributed by atoms with E-state index in [-0.39, 0.29) is 12.6 Å². The smallest absolute Gasteiger partial charge is 0.221 e. The number of nitrogen functional groups attached to an aromatic ring is 1. The van der Waals surface area contributed by atoms with Crippen molar-refractivity contribution in [2.45, 2.75) is 23.3 Å². The van der Waals surface area contributed by atoms with E-state index in [0.717, 1.165) is 39.0 Å². The molecule has 158 valence electrons. The molecule has 0 aliphatic carbocycles. The SMILES string of the molecule is COc1ccc(OC)c(Sc2cc(-c3ccc(OCCCO)cc3C)nc(N)n2)c1. The van der Waals surface area contributed by atoms with Crippen molar-refractivity contribution in [1.82, 2.24) is 9.97 Å². The van der Waals surface area contributed by atoms with Gasteiger partial charge in [0.2, 0.25) is 5.95 Å². The maximum absolute atomic E-state index is 8.89. The Morgan fingerprint density at radius 3 is 2.50 bits per heavy atom. The number of aliphatic hydroxyl groups excluding tert-OH is 1. The van der Waals surface area contributed by atoms with Gasteiger partial charge in [-0.25, -0.2) is 9.97 Å². The molecule has 3 rings (SSSR count). The van der Waals surface area contributed by atoms with Crippen LogP contribution < -0.4 is 19.9 Å². The maximum Gasteiger partial charge on any atom is 0.221 e. The zero-order valence-electron chi connectivity index (χ0n) is 17.2.